The zero-order valence-electron chi connectivity index (χ0n) is 14.7. The standard InChI is InChI=1S/C19H18N4OS2/c1-19(2,3)17-21-9-15(26-17)16(24)23-18-22-14(10-25-18)12-8-20-13-7-5-4-6-11(12)13/h4-10,20H,1-3H3,(H,22,23,24). The van der Waals surface area contributed by atoms with Gasteiger partial charge in [0.15, 0.2) is 5.13 Å². The first-order chi connectivity index (χ1) is 12.4. The van der Waals surface area contributed by atoms with E-state index >= 15 is 0 Å². The smallest absolute Gasteiger partial charge is 0.269 e. The molecule has 0 radical (unpaired) electrons. The number of aromatic amines is 1. The number of nitrogens with one attached hydrogen (secondary N) is 2. The molecule has 4 rings (SSSR count). The van der Waals surface area contributed by atoms with Crippen LogP contribution in [0.2, 0.25) is 0 Å². The van der Waals surface area contributed by atoms with Crippen molar-refractivity contribution in [3.63, 3.8) is 0 Å². The number of benzene rings is 1. The van der Waals surface area contributed by atoms with Gasteiger partial charge in [-0.1, -0.05) is 39.0 Å². The van der Waals surface area contributed by atoms with Crippen LogP contribution in [0.5, 0.6) is 0 Å². The van der Waals surface area contributed by atoms with Crippen LogP contribution < -0.4 is 5.32 Å². The first kappa shape index (κ1) is 16.9. The number of aromatic nitrogens is 3. The van der Waals surface area contributed by atoms with Crippen LogP contribution in [-0.4, -0.2) is 20.9 Å². The molecule has 2 N–H and O–H groups in total. The van der Waals surface area contributed by atoms with Crippen molar-refractivity contribution in [1.82, 2.24) is 15.0 Å². The van der Waals surface area contributed by atoms with E-state index in [-0.39, 0.29) is 11.3 Å². The number of hydrogen-bond donors (Lipinski definition) is 2. The van der Waals surface area contributed by atoms with Gasteiger partial charge >= 0.3 is 0 Å². The summed E-state index contributed by atoms with van der Waals surface area (Å²) in [6, 6.07) is 8.09. The van der Waals surface area contributed by atoms with E-state index in [0.717, 1.165) is 27.2 Å². The molecule has 132 valence electrons. The van der Waals surface area contributed by atoms with Crippen molar-refractivity contribution in [2.24, 2.45) is 0 Å². The number of rotatable bonds is 3. The number of amides is 1. The first-order valence-electron chi connectivity index (χ1n) is 8.21. The van der Waals surface area contributed by atoms with Gasteiger partial charge in [-0.2, -0.15) is 0 Å². The summed E-state index contributed by atoms with van der Waals surface area (Å²) in [4.78, 5) is 25.3. The molecular weight excluding hydrogens is 364 g/mol. The number of H-pyrrole nitrogens is 1. The molecule has 0 atom stereocenters. The van der Waals surface area contributed by atoms with Crippen LogP contribution in [0.4, 0.5) is 5.13 Å². The van der Waals surface area contributed by atoms with E-state index in [0.29, 0.717) is 10.0 Å². The third-order valence-electron chi connectivity index (χ3n) is 3.96. The summed E-state index contributed by atoms with van der Waals surface area (Å²) in [5.74, 6) is -0.169. The molecule has 0 aliphatic carbocycles. The Labute approximate surface area is 159 Å². The van der Waals surface area contributed by atoms with Crippen LogP contribution in [-0.2, 0) is 5.41 Å². The minimum Gasteiger partial charge on any atom is -0.360 e. The molecule has 5 nitrogen and oxygen atoms in total. The number of hydrogen-bond acceptors (Lipinski definition) is 5. The highest BCUT2D eigenvalue weighted by Crippen LogP contribution is 2.32. The summed E-state index contributed by atoms with van der Waals surface area (Å²) in [6.45, 7) is 6.26. The van der Waals surface area contributed by atoms with E-state index in [1.54, 1.807) is 6.20 Å². The van der Waals surface area contributed by atoms with Crippen molar-refractivity contribution in [1.29, 1.82) is 0 Å². The molecule has 0 unspecified atom stereocenters. The third kappa shape index (κ3) is 3.15. The second-order valence-corrected chi connectivity index (χ2v) is 8.91. The Bertz CT molecular complexity index is 1080. The summed E-state index contributed by atoms with van der Waals surface area (Å²) in [6.07, 6.45) is 3.58. The van der Waals surface area contributed by atoms with E-state index in [1.807, 2.05) is 29.8 Å². The Morgan fingerprint density at radius 2 is 2.04 bits per heavy atom. The van der Waals surface area contributed by atoms with Crippen molar-refractivity contribution in [3.8, 4) is 11.3 Å². The minimum absolute atomic E-state index is 0.0626. The van der Waals surface area contributed by atoms with Gasteiger partial charge in [0.25, 0.3) is 5.91 Å². The lowest BCUT2D eigenvalue weighted by atomic mass is 9.98. The number of carbonyl (C=O) groups excluding carboxylic acids is 1. The molecular formula is C19H18N4OS2. The van der Waals surface area contributed by atoms with Gasteiger partial charge in [0.05, 0.1) is 16.9 Å². The molecule has 3 heterocycles. The fourth-order valence-electron chi connectivity index (χ4n) is 2.62. The predicted octanol–water partition coefficient (Wildman–Crippen LogP) is 5.30. The third-order valence-corrected chi connectivity index (χ3v) is 6.14. The molecule has 1 amide bonds. The van der Waals surface area contributed by atoms with Gasteiger partial charge in [-0.05, 0) is 6.07 Å². The summed E-state index contributed by atoms with van der Waals surface area (Å²) in [5, 5.41) is 7.49. The Morgan fingerprint density at radius 1 is 1.23 bits per heavy atom. The summed E-state index contributed by atoms with van der Waals surface area (Å²) in [5.41, 5.74) is 2.89. The molecule has 0 saturated carbocycles. The normalized spacial score (nSPS) is 11.8. The Hall–Kier alpha value is -2.51. The SMILES string of the molecule is CC(C)(C)c1ncc(C(=O)Nc2nc(-c3c[nH]c4ccccc34)cs2)s1. The average Bonchev–Trinajstić information content (AvgIpc) is 3.33. The zero-order valence-corrected chi connectivity index (χ0v) is 16.3. The molecule has 0 spiro atoms. The predicted molar refractivity (Wildman–Crippen MR) is 108 cm³/mol. The molecule has 26 heavy (non-hydrogen) atoms. The van der Waals surface area contributed by atoms with Gasteiger partial charge in [-0.25, -0.2) is 9.97 Å². The van der Waals surface area contributed by atoms with Crippen LogP contribution in [0.25, 0.3) is 22.2 Å². The second-order valence-electron chi connectivity index (χ2n) is 7.02. The number of nitrogens with zero attached hydrogens (tertiary/aromatic N) is 2. The molecule has 0 aliphatic heterocycles. The van der Waals surface area contributed by atoms with Gasteiger partial charge in [-0.15, -0.1) is 22.7 Å². The van der Waals surface area contributed by atoms with Gasteiger partial charge in [0.1, 0.15) is 4.88 Å². The highest BCUT2D eigenvalue weighted by molar-refractivity contribution is 7.15. The summed E-state index contributed by atoms with van der Waals surface area (Å²) >= 11 is 2.84. The molecule has 4 aromatic rings. The zero-order chi connectivity index (χ0) is 18.3. The molecule has 0 fully saturated rings. The van der Waals surface area contributed by atoms with E-state index in [9.17, 15) is 4.79 Å². The highest BCUT2D eigenvalue weighted by atomic mass is 32.1. The van der Waals surface area contributed by atoms with Crippen LogP contribution >= 0.6 is 22.7 Å². The van der Waals surface area contributed by atoms with Crippen LogP contribution in [0.3, 0.4) is 0 Å². The molecule has 1 aromatic carbocycles. The van der Waals surface area contributed by atoms with Gasteiger partial charge in [0.2, 0.25) is 0 Å². The second kappa shape index (κ2) is 6.34. The van der Waals surface area contributed by atoms with Crippen molar-refractivity contribution in [2.75, 3.05) is 5.32 Å². The molecule has 0 aliphatic rings. The van der Waals surface area contributed by atoms with Crippen LogP contribution in [0, 0.1) is 0 Å². The maximum absolute atomic E-state index is 12.5. The Kier molecular flexibility index (Phi) is 4.13. The topological polar surface area (TPSA) is 70.7 Å². The van der Waals surface area contributed by atoms with E-state index in [1.165, 1.54) is 22.7 Å². The van der Waals surface area contributed by atoms with Crippen LogP contribution in [0.1, 0.15) is 35.5 Å². The maximum atomic E-state index is 12.5. The van der Waals surface area contributed by atoms with Crippen molar-refractivity contribution in [3.05, 3.63) is 51.9 Å². The number of anilines is 1. The Balaban J connectivity index is 1.55. The molecule has 0 saturated heterocycles. The number of thiazole rings is 2. The lowest BCUT2D eigenvalue weighted by molar-refractivity contribution is 0.103. The highest BCUT2D eigenvalue weighted by Gasteiger charge is 2.21. The lowest BCUT2D eigenvalue weighted by Crippen LogP contribution is -2.10. The van der Waals surface area contributed by atoms with E-state index in [4.69, 9.17) is 0 Å². The van der Waals surface area contributed by atoms with E-state index in [2.05, 4.69) is 47.1 Å². The fraction of sp³-hybridized carbons (Fsp3) is 0.211. The largest absolute Gasteiger partial charge is 0.360 e. The quantitative estimate of drug-likeness (QED) is 0.505. The molecule has 3 aromatic heterocycles. The van der Waals surface area contributed by atoms with Gasteiger partial charge in [0, 0.05) is 33.5 Å². The molecule has 7 heteroatoms. The van der Waals surface area contributed by atoms with Crippen LogP contribution in [0.15, 0.2) is 42.0 Å². The lowest BCUT2D eigenvalue weighted by Gasteiger charge is -2.13. The fourth-order valence-corrected chi connectivity index (χ4v) is 4.20. The van der Waals surface area contributed by atoms with Crippen molar-refractivity contribution < 1.29 is 4.79 Å². The minimum atomic E-state index is -0.169. The summed E-state index contributed by atoms with van der Waals surface area (Å²) in [7, 11) is 0. The first-order valence-corrected chi connectivity index (χ1v) is 9.91. The Morgan fingerprint density at radius 3 is 2.81 bits per heavy atom. The van der Waals surface area contributed by atoms with E-state index < -0.39 is 0 Å². The van der Waals surface area contributed by atoms with Gasteiger partial charge < -0.3 is 4.98 Å². The number of carbonyl (C=O) groups is 1. The molecule has 0 bridgehead atoms. The number of para-hydroxylation sites is 1. The summed E-state index contributed by atoms with van der Waals surface area (Å²) < 4.78 is 0. The monoisotopic (exact) mass is 382 g/mol. The average molecular weight is 383 g/mol. The van der Waals surface area contributed by atoms with Gasteiger partial charge in [-0.3, -0.25) is 10.1 Å². The van der Waals surface area contributed by atoms with Crippen molar-refractivity contribution in [2.45, 2.75) is 26.2 Å². The number of fused-ring (bicyclic) bond motifs is 1. The maximum Gasteiger partial charge on any atom is 0.269 e. The van der Waals surface area contributed by atoms with Crippen molar-refractivity contribution >= 4 is 44.6 Å².